The first-order chi connectivity index (χ1) is 20.0. The van der Waals surface area contributed by atoms with E-state index in [-0.39, 0.29) is 21.3 Å². The van der Waals surface area contributed by atoms with Gasteiger partial charge < -0.3 is 16.0 Å². The third kappa shape index (κ3) is 7.62. The summed E-state index contributed by atoms with van der Waals surface area (Å²) >= 11 is 30.9. The third-order valence-electron chi connectivity index (χ3n) is 6.09. The minimum absolute atomic E-state index is 0.0840. The molecule has 1 saturated carbocycles. The van der Waals surface area contributed by atoms with Crippen LogP contribution in [0.15, 0.2) is 48.5 Å². The van der Waals surface area contributed by atoms with Gasteiger partial charge in [0.1, 0.15) is 22.4 Å². The van der Waals surface area contributed by atoms with Crippen molar-refractivity contribution >= 4 is 92.8 Å². The fourth-order valence-corrected chi connectivity index (χ4v) is 5.38. The van der Waals surface area contributed by atoms with E-state index < -0.39 is 69.9 Å². The molecule has 0 heterocycles. The zero-order valence-corrected chi connectivity index (χ0v) is 24.7. The van der Waals surface area contributed by atoms with E-state index in [9.17, 15) is 36.3 Å². The number of halogens is 10. The lowest BCUT2D eigenvalue weighted by molar-refractivity contribution is -0.320. The highest BCUT2D eigenvalue weighted by molar-refractivity contribution is 6.53. The lowest BCUT2D eigenvalue weighted by atomic mass is 10.1. The highest BCUT2D eigenvalue weighted by atomic mass is 35.5. The molecule has 0 aromatic heterocycles. The molecular weight excluding hydrogens is 691 g/mol. The van der Waals surface area contributed by atoms with Crippen molar-refractivity contribution in [1.82, 2.24) is 0 Å². The van der Waals surface area contributed by atoms with Crippen LogP contribution in [-0.2, 0) is 14.3 Å². The van der Waals surface area contributed by atoms with Crippen LogP contribution in [0.25, 0.3) is 0 Å². The first-order valence-corrected chi connectivity index (χ1v) is 13.6. The molecule has 228 valence electrons. The summed E-state index contributed by atoms with van der Waals surface area (Å²) in [6.45, 7) is -1.57. The molecule has 2 atom stereocenters. The number of carbonyl (C=O) groups excluding carboxylic acids is 3. The van der Waals surface area contributed by atoms with Gasteiger partial charge >= 0.3 is 6.36 Å². The number of nitrogens with one attached hydrogen (secondary N) is 3. The van der Waals surface area contributed by atoms with E-state index >= 15 is 0 Å². The summed E-state index contributed by atoms with van der Waals surface area (Å²) in [6, 6.07) is 9.94. The second-order valence-electron chi connectivity index (χ2n) is 9.01. The molecule has 1 aliphatic carbocycles. The van der Waals surface area contributed by atoms with Crippen LogP contribution in [0.4, 0.5) is 39.0 Å². The standard InChI is InChI=1S/C26H15Cl5F5N3O4/c27-13-4-2-11(37-24(42)20-19(25(20,30)31)10-1-3-14(28)15(29)7-10)8-12(13)23(41)38-17-6-5-16(32)22(21(17)33)39-18(40)9-43-26(34,35)36/h1-8,19-20H,9H2,(H,37,42)(H,38,41)(H,39,40)/t19-,20+/m0/s1. The fourth-order valence-electron chi connectivity index (χ4n) is 4.05. The van der Waals surface area contributed by atoms with Gasteiger partial charge in [-0.05, 0) is 48.0 Å². The maximum absolute atomic E-state index is 14.9. The molecule has 1 fully saturated rings. The molecule has 0 spiro atoms. The van der Waals surface area contributed by atoms with Crippen molar-refractivity contribution in [2.75, 3.05) is 22.6 Å². The van der Waals surface area contributed by atoms with E-state index in [2.05, 4.69) is 15.4 Å². The topological polar surface area (TPSA) is 96.5 Å². The largest absolute Gasteiger partial charge is 0.523 e. The Hall–Kier alpha value is -2.87. The van der Waals surface area contributed by atoms with E-state index in [0.29, 0.717) is 16.7 Å². The van der Waals surface area contributed by atoms with Crippen LogP contribution in [0.1, 0.15) is 21.8 Å². The van der Waals surface area contributed by atoms with E-state index in [0.717, 1.165) is 12.1 Å². The molecule has 1 aliphatic rings. The molecule has 0 saturated heterocycles. The molecule has 17 heteroatoms. The summed E-state index contributed by atoms with van der Waals surface area (Å²) < 4.78 is 67.4. The van der Waals surface area contributed by atoms with Crippen LogP contribution < -0.4 is 16.0 Å². The number of hydrogen-bond acceptors (Lipinski definition) is 4. The molecule has 3 amide bonds. The van der Waals surface area contributed by atoms with E-state index in [1.807, 2.05) is 0 Å². The quantitative estimate of drug-likeness (QED) is 0.163. The number of alkyl halides is 5. The summed E-state index contributed by atoms with van der Waals surface area (Å²) in [4.78, 5) is 37.6. The van der Waals surface area contributed by atoms with Crippen molar-refractivity contribution in [1.29, 1.82) is 0 Å². The summed E-state index contributed by atoms with van der Waals surface area (Å²) in [7, 11) is 0. The second-order valence-corrected chi connectivity index (χ2v) is 11.7. The van der Waals surface area contributed by atoms with Gasteiger partial charge in [-0.3, -0.25) is 19.1 Å². The molecule has 7 nitrogen and oxygen atoms in total. The Kier molecular flexibility index (Phi) is 9.70. The van der Waals surface area contributed by atoms with Crippen molar-refractivity contribution in [2.45, 2.75) is 16.6 Å². The van der Waals surface area contributed by atoms with Gasteiger partial charge in [0.15, 0.2) is 5.82 Å². The van der Waals surface area contributed by atoms with Crippen LogP contribution >= 0.6 is 58.0 Å². The van der Waals surface area contributed by atoms with E-state index in [1.165, 1.54) is 24.3 Å². The number of rotatable bonds is 8. The number of ether oxygens (including phenoxy) is 1. The van der Waals surface area contributed by atoms with Gasteiger partial charge in [-0.15, -0.1) is 36.4 Å². The predicted octanol–water partition coefficient (Wildman–Crippen LogP) is 8.18. The van der Waals surface area contributed by atoms with Crippen molar-refractivity contribution in [2.24, 2.45) is 5.92 Å². The molecule has 43 heavy (non-hydrogen) atoms. The minimum atomic E-state index is -5.15. The Morgan fingerprint density at radius 2 is 1.53 bits per heavy atom. The maximum atomic E-state index is 14.9. The Morgan fingerprint density at radius 1 is 0.860 bits per heavy atom. The Balaban J connectivity index is 1.48. The SMILES string of the molecule is O=C(COC(F)(F)F)Nc1c(F)ccc(NC(=O)c2cc(NC(=O)[C@H]3[C@H](c4ccc(Cl)c(Cl)c4)C3(Cl)Cl)ccc2Cl)c1F. The molecule has 3 aromatic rings. The fraction of sp³-hybridized carbons (Fsp3) is 0.192. The Bertz CT molecular complexity index is 1620. The van der Waals surface area contributed by atoms with Gasteiger partial charge in [0, 0.05) is 11.6 Å². The van der Waals surface area contributed by atoms with Crippen LogP contribution in [-0.4, -0.2) is 35.0 Å². The van der Waals surface area contributed by atoms with Gasteiger partial charge in [0.25, 0.3) is 11.8 Å². The predicted molar refractivity (Wildman–Crippen MR) is 152 cm³/mol. The van der Waals surface area contributed by atoms with Crippen molar-refractivity contribution < 1.29 is 41.1 Å². The van der Waals surface area contributed by atoms with E-state index in [4.69, 9.17) is 58.0 Å². The van der Waals surface area contributed by atoms with Gasteiger partial charge in [0.2, 0.25) is 5.91 Å². The smallest absolute Gasteiger partial charge is 0.326 e. The molecule has 0 radical (unpaired) electrons. The average Bonchev–Trinajstić information content (AvgIpc) is 3.50. The zero-order valence-electron chi connectivity index (χ0n) is 20.9. The lowest BCUT2D eigenvalue weighted by Gasteiger charge is -2.14. The first-order valence-electron chi connectivity index (χ1n) is 11.7. The highest BCUT2D eigenvalue weighted by Gasteiger charge is 2.67. The summed E-state index contributed by atoms with van der Waals surface area (Å²) in [5.74, 6) is -7.52. The van der Waals surface area contributed by atoms with Crippen LogP contribution in [0, 0.1) is 17.6 Å². The normalized spacial score (nSPS) is 17.3. The van der Waals surface area contributed by atoms with E-state index in [1.54, 1.807) is 11.4 Å². The molecule has 4 rings (SSSR count). The van der Waals surface area contributed by atoms with Crippen LogP contribution in [0.3, 0.4) is 0 Å². The molecule has 0 bridgehead atoms. The number of anilines is 3. The Labute approximate surface area is 264 Å². The minimum Gasteiger partial charge on any atom is -0.326 e. The number of amides is 3. The van der Waals surface area contributed by atoms with Gasteiger partial charge in [-0.25, -0.2) is 8.78 Å². The number of hydrogen-bond donors (Lipinski definition) is 3. The van der Waals surface area contributed by atoms with Gasteiger partial charge in [-0.2, -0.15) is 0 Å². The van der Waals surface area contributed by atoms with Crippen molar-refractivity contribution in [3.63, 3.8) is 0 Å². The van der Waals surface area contributed by atoms with Gasteiger partial charge in [0.05, 0.1) is 32.2 Å². The monoisotopic (exact) mass is 703 g/mol. The average molecular weight is 706 g/mol. The van der Waals surface area contributed by atoms with Crippen molar-refractivity contribution in [3.05, 3.63) is 86.4 Å². The van der Waals surface area contributed by atoms with Crippen LogP contribution in [0.5, 0.6) is 0 Å². The van der Waals surface area contributed by atoms with Gasteiger partial charge in [-0.1, -0.05) is 40.9 Å². The number of benzene rings is 3. The molecule has 0 aliphatic heterocycles. The van der Waals surface area contributed by atoms with Crippen molar-refractivity contribution in [3.8, 4) is 0 Å². The summed E-state index contributed by atoms with van der Waals surface area (Å²) in [5, 5.41) is 6.73. The lowest BCUT2D eigenvalue weighted by Crippen LogP contribution is -2.25. The number of carbonyl (C=O) groups is 3. The zero-order chi connectivity index (χ0) is 31.9. The van der Waals surface area contributed by atoms with Crippen LogP contribution in [0.2, 0.25) is 15.1 Å². The Morgan fingerprint density at radius 3 is 2.19 bits per heavy atom. The highest BCUT2D eigenvalue weighted by Crippen LogP contribution is 2.65. The molecular formula is C26H15Cl5F5N3O4. The second kappa shape index (κ2) is 12.6. The summed E-state index contributed by atoms with van der Waals surface area (Å²) in [6.07, 6.45) is -5.15. The first kappa shape index (κ1) is 33.0. The third-order valence-corrected chi connectivity index (χ3v) is 8.10. The maximum Gasteiger partial charge on any atom is 0.523 e. The summed E-state index contributed by atoms with van der Waals surface area (Å²) in [5.41, 5.74) is -1.39. The molecule has 3 N–H and O–H groups in total. The molecule has 3 aromatic carbocycles. The molecule has 0 unspecified atom stereocenters.